The van der Waals surface area contributed by atoms with Gasteiger partial charge in [0.1, 0.15) is 0 Å². The Bertz CT molecular complexity index is 828. The average Bonchev–Trinajstić information content (AvgIpc) is 3.40. The van der Waals surface area contributed by atoms with Crippen LogP contribution in [0.3, 0.4) is 0 Å². The lowest BCUT2D eigenvalue weighted by molar-refractivity contribution is -0.121. The van der Waals surface area contributed by atoms with E-state index in [-0.39, 0.29) is 18.4 Å². The largest absolute Gasteiger partial charge is 0.477 e. The molecule has 1 N–H and O–H groups in total. The van der Waals surface area contributed by atoms with Gasteiger partial charge in [0.05, 0.1) is 36.9 Å². The van der Waals surface area contributed by atoms with E-state index >= 15 is 0 Å². The van der Waals surface area contributed by atoms with Gasteiger partial charge >= 0.3 is 0 Å². The normalized spacial score (nSPS) is 16.6. The second kappa shape index (κ2) is 7.28. The van der Waals surface area contributed by atoms with E-state index in [4.69, 9.17) is 4.74 Å². The molecule has 5 nitrogen and oxygen atoms in total. The highest BCUT2D eigenvalue weighted by atomic mass is 16.5. The molecule has 1 aromatic carbocycles. The van der Waals surface area contributed by atoms with Crippen LogP contribution in [0.1, 0.15) is 48.2 Å². The van der Waals surface area contributed by atoms with Crippen LogP contribution in [0.5, 0.6) is 0 Å². The molecule has 1 fully saturated rings. The topological polar surface area (TPSA) is 63.6 Å². The van der Waals surface area contributed by atoms with Gasteiger partial charge < -0.3 is 10.1 Å². The number of nitrogens with one attached hydrogen (secondary N) is 1. The second-order valence-electron chi connectivity index (χ2n) is 7.09. The number of fused-ring (bicyclic) bond motifs is 1. The van der Waals surface area contributed by atoms with Gasteiger partial charge in [-0.3, -0.25) is 9.78 Å². The predicted molar refractivity (Wildman–Crippen MR) is 99.9 cm³/mol. The first kappa shape index (κ1) is 16.8. The Labute approximate surface area is 153 Å². The summed E-state index contributed by atoms with van der Waals surface area (Å²) in [6, 6.07) is 11.9. The quantitative estimate of drug-likeness (QED) is 0.871. The van der Waals surface area contributed by atoms with Crippen LogP contribution in [0.4, 0.5) is 0 Å². The molecule has 1 atom stereocenters. The van der Waals surface area contributed by atoms with E-state index in [1.165, 1.54) is 12.8 Å². The summed E-state index contributed by atoms with van der Waals surface area (Å²) in [5, 5.41) is 3.03. The van der Waals surface area contributed by atoms with E-state index in [0.717, 1.165) is 29.0 Å². The maximum Gasteiger partial charge on any atom is 0.226 e. The minimum atomic E-state index is -0.0297. The van der Waals surface area contributed by atoms with Crippen molar-refractivity contribution in [3.05, 3.63) is 65.0 Å². The van der Waals surface area contributed by atoms with E-state index in [9.17, 15) is 4.79 Å². The number of benzene rings is 1. The Morgan fingerprint density at radius 2 is 2.12 bits per heavy atom. The molecular weight excluding hydrogens is 326 g/mol. The molecule has 0 unspecified atom stereocenters. The van der Waals surface area contributed by atoms with Crippen molar-refractivity contribution < 1.29 is 9.53 Å². The molecule has 0 spiro atoms. The lowest BCUT2D eigenvalue weighted by atomic mass is 10.1. The summed E-state index contributed by atoms with van der Waals surface area (Å²) >= 11 is 0. The van der Waals surface area contributed by atoms with Crippen LogP contribution in [-0.4, -0.2) is 23.4 Å². The zero-order chi connectivity index (χ0) is 17.9. The molecule has 1 saturated carbocycles. The molecule has 1 amide bonds. The van der Waals surface area contributed by atoms with Crippen LogP contribution in [0, 0.1) is 5.92 Å². The Morgan fingerprint density at radius 3 is 2.88 bits per heavy atom. The summed E-state index contributed by atoms with van der Waals surface area (Å²) in [6.07, 6.45) is 4.57. The number of hydrogen-bond acceptors (Lipinski definition) is 4. The first-order valence-electron chi connectivity index (χ1n) is 9.19. The van der Waals surface area contributed by atoms with Crippen molar-refractivity contribution in [3.63, 3.8) is 0 Å². The third kappa shape index (κ3) is 3.93. The molecule has 2 aliphatic rings. The number of hydrogen-bond donors (Lipinski definition) is 1. The number of aliphatic imine (C=N–C) groups is 1. The molecule has 4 rings (SSSR count). The highest BCUT2D eigenvalue weighted by molar-refractivity contribution is 5.97. The monoisotopic (exact) mass is 349 g/mol. The Kier molecular flexibility index (Phi) is 4.69. The van der Waals surface area contributed by atoms with Gasteiger partial charge in [-0.25, -0.2) is 4.99 Å². The van der Waals surface area contributed by atoms with Crippen molar-refractivity contribution in [1.29, 1.82) is 0 Å². The molecule has 2 heterocycles. The number of pyridine rings is 1. The molecule has 134 valence electrons. The maximum absolute atomic E-state index is 12.3. The minimum Gasteiger partial charge on any atom is -0.477 e. The molecule has 1 aliphatic carbocycles. The molecule has 1 aliphatic heterocycles. The Morgan fingerprint density at radius 1 is 1.31 bits per heavy atom. The number of ether oxygens (including phenoxy) is 1. The van der Waals surface area contributed by atoms with Gasteiger partial charge in [0, 0.05) is 6.20 Å². The maximum atomic E-state index is 12.3. The standard InChI is InChI=1S/C21H23N3O2/c1-14(16-5-3-2-4-6-16)24-20(25)10-18-9-17-11-23-21(19(17)12-22-18)26-13-15-7-8-15/h2-6,9,12,14-15H,7-8,10-11,13H2,1H3,(H,24,25)/t14-/m1/s1. The van der Waals surface area contributed by atoms with Crippen molar-refractivity contribution in [2.75, 3.05) is 6.61 Å². The van der Waals surface area contributed by atoms with E-state index in [1.807, 2.05) is 43.3 Å². The Hall–Kier alpha value is -2.69. The van der Waals surface area contributed by atoms with E-state index in [2.05, 4.69) is 15.3 Å². The summed E-state index contributed by atoms with van der Waals surface area (Å²) < 4.78 is 5.81. The van der Waals surface area contributed by atoms with Crippen LogP contribution in [0.15, 0.2) is 47.6 Å². The Balaban J connectivity index is 1.35. The number of carbonyl (C=O) groups excluding carboxylic acids is 1. The van der Waals surface area contributed by atoms with Crippen LogP contribution < -0.4 is 5.32 Å². The van der Waals surface area contributed by atoms with Crippen LogP contribution in [0.2, 0.25) is 0 Å². The second-order valence-corrected chi connectivity index (χ2v) is 7.09. The zero-order valence-electron chi connectivity index (χ0n) is 14.9. The number of carbonyl (C=O) groups is 1. The van der Waals surface area contributed by atoms with Crippen molar-refractivity contribution in [2.45, 2.75) is 38.8 Å². The predicted octanol–water partition coefficient (Wildman–Crippen LogP) is 3.19. The molecule has 26 heavy (non-hydrogen) atoms. The summed E-state index contributed by atoms with van der Waals surface area (Å²) in [5.74, 6) is 1.37. The third-order valence-electron chi connectivity index (χ3n) is 4.84. The van der Waals surface area contributed by atoms with Gasteiger partial charge in [0.15, 0.2) is 0 Å². The SMILES string of the molecule is C[C@@H](NC(=O)Cc1cc2c(cn1)C(OCC1CC1)=NC2)c1ccccc1. The smallest absolute Gasteiger partial charge is 0.226 e. The van der Waals surface area contributed by atoms with E-state index < -0.39 is 0 Å². The fraction of sp³-hybridized carbons (Fsp3) is 0.381. The summed E-state index contributed by atoms with van der Waals surface area (Å²) in [5.41, 5.74) is 3.91. The number of rotatable bonds is 6. The molecular formula is C21H23N3O2. The first-order valence-corrected chi connectivity index (χ1v) is 9.19. The average molecular weight is 349 g/mol. The molecule has 0 bridgehead atoms. The number of nitrogens with zero attached hydrogens (tertiary/aromatic N) is 2. The zero-order valence-corrected chi connectivity index (χ0v) is 14.9. The molecule has 0 saturated heterocycles. The van der Waals surface area contributed by atoms with Gasteiger partial charge in [-0.2, -0.15) is 0 Å². The fourth-order valence-corrected chi connectivity index (χ4v) is 3.10. The van der Waals surface area contributed by atoms with Gasteiger partial charge in [-0.1, -0.05) is 30.3 Å². The lowest BCUT2D eigenvalue weighted by Gasteiger charge is -2.14. The molecule has 2 aromatic rings. The third-order valence-corrected chi connectivity index (χ3v) is 4.84. The number of aromatic nitrogens is 1. The van der Waals surface area contributed by atoms with E-state index in [1.54, 1.807) is 6.20 Å². The summed E-state index contributed by atoms with van der Waals surface area (Å²) in [4.78, 5) is 21.2. The highest BCUT2D eigenvalue weighted by Crippen LogP contribution is 2.30. The van der Waals surface area contributed by atoms with Crippen LogP contribution in [0.25, 0.3) is 0 Å². The van der Waals surface area contributed by atoms with Gasteiger partial charge in [-0.05, 0) is 42.9 Å². The van der Waals surface area contributed by atoms with Crippen molar-refractivity contribution in [3.8, 4) is 0 Å². The first-order chi connectivity index (χ1) is 12.7. The molecule has 1 aromatic heterocycles. The van der Waals surface area contributed by atoms with Crippen LogP contribution in [-0.2, 0) is 22.5 Å². The minimum absolute atomic E-state index is 0.0242. The van der Waals surface area contributed by atoms with Gasteiger partial charge in [0.2, 0.25) is 11.8 Å². The summed E-state index contributed by atoms with van der Waals surface area (Å²) in [7, 11) is 0. The van der Waals surface area contributed by atoms with Crippen molar-refractivity contribution in [1.82, 2.24) is 10.3 Å². The van der Waals surface area contributed by atoms with Crippen molar-refractivity contribution >= 4 is 11.8 Å². The van der Waals surface area contributed by atoms with E-state index in [0.29, 0.717) is 18.4 Å². The fourth-order valence-electron chi connectivity index (χ4n) is 3.10. The molecule has 0 radical (unpaired) electrons. The van der Waals surface area contributed by atoms with Gasteiger partial charge in [0.25, 0.3) is 0 Å². The summed E-state index contributed by atoms with van der Waals surface area (Å²) in [6.45, 7) is 3.34. The van der Waals surface area contributed by atoms with Crippen LogP contribution >= 0.6 is 0 Å². The highest BCUT2D eigenvalue weighted by Gasteiger charge is 2.25. The lowest BCUT2D eigenvalue weighted by Crippen LogP contribution is -2.28. The number of amides is 1. The molecule has 5 heteroatoms. The van der Waals surface area contributed by atoms with Gasteiger partial charge in [-0.15, -0.1) is 0 Å². The van der Waals surface area contributed by atoms with Crippen molar-refractivity contribution in [2.24, 2.45) is 10.9 Å².